The third-order valence-electron chi connectivity index (χ3n) is 2.65. The SMILES string of the molecule is Cc1cc(COc2ccc(Cl)cc2C(=O)O)n(C)n1. The number of benzene rings is 1. The van der Waals surface area contributed by atoms with Gasteiger partial charge in [0, 0.05) is 12.1 Å². The molecule has 1 aromatic carbocycles. The average Bonchev–Trinajstić information content (AvgIpc) is 2.66. The number of rotatable bonds is 4. The van der Waals surface area contributed by atoms with Gasteiger partial charge >= 0.3 is 5.97 Å². The number of carboxylic acid groups (broad SMARTS) is 1. The smallest absolute Gasteiger partial charge is 0.339 e. The lowest BCUT2D eigenvalue weighted by molar-refractivity contribution is 0.0691. The first kappa shape index (κ1) is 13.4. The topological polar surface area (TPSA) is 64.3 Å². The third kappa shape index (κ3) is 3.06. The van der Waals surface area contributed by atoms with Crippen LogP contribution in [0.1, 0.15) is 21.7 Å². The summed E-state index contributed by atoms with van der Waals surface area (Å²) < 4.78 is 7.23. The van der Waals surface area contributed by atoms with Gasteiger partial charge < -0.3 is 9.84 Å². The predicted octanol–water partition coefficient (Wildman–Crippen LogP) is 2.66. The van der Waals surface area contributed by atoms with Gasteiger partial charge in [0.2, 0.25) is 0 Å². The Balaban J connectivity index is 2.20. The standard InChI is InChI=1S/C13H13ClN2O3/c1-8-5-10(16(2)15-8)7-19-12-4-3-9(14)6-11(12)13(17)18/h3-6H,7H2,1-2H3,(H,17,18). The molecule has 0 saturated carbocycles. The minimum absolute atomic E-state index is 0.0476. The molecule has 0 amide bonds. The van der Waals surface area contributed by atoms with Crippen molar-refractivity contribution in [3.05, 3.63) is 46.2 Å². The van der Waals surface area contributed by atoms with E-state index in [4.69, 9.17) is 21.4 Å². The summed E-state index contributed by atoms with van der Waals surface area (Å²) in [5.74, 6) is -0.783. The van der Waals surface area contributed by atoms with Crippen LogP contribution in [0.4, 0.5) is 0 Å². The molecule has 0 saturated heterocycles. The number of ether oxygens (including phenoxy) is 1. The van der Waals surface area contributed by atoms with E-state index >= 15 is 0 Å². The van der Waals surface area contributed by atoms with Crippen molar-refractivity contribution in [1.29, 1.82) is 0 Å². The molecule has 2 aromatic rings. The van der Waals surface area contributed by atoms with E-state index in [9.17, 15) is 4.79 Å². The van der Waals surface area contributed by atoms with Crippen molar-refractivity contribution in [2.24, 2.45) is 7.05 Å². The number of aryl methyl sites for hydroxylation is 2. The van der Waals surface area contributed by atoms with Crippen LogP contribution >= 0.6 is 11.6 Å². The van der Waals surface area contributed by atoms with Gasteiger partial charge in [-0.25, -0.2) is 4.79 Å². The van der Waals surface area contributed by atoms with E-state index in [1.165, 1.54) is 6.07 Å². The minimum atomic E-state index is -1.07. The van der Waals surface area contributed by atoms with Crippen LogP contribution in [0.25, 0.3) is 0 Å². The third-order valence-corrected chi connectivity index (χ3v) is 2.88. The number of carbonyl (C=O) groups is 1. The molecule has 6 heteroatoms. The van der Waals surface area contributed by atoms with E-state index in [0.29, 0.717) is 5.02 Å². The molecule has 5 nitrogen and oxygen atoms in total. The van der Waals surface area contributed by atoms with E-state index in [2.05, 4.69) is 5.10 Å². The summed E-state index contributed by atoms with van der Waals surface area (Å²) in [5.41, 5.74) is 1.80. The molecule has 0 aliphatic heterocycles. The Morgan fingerprint density at radius 2 is 2.21 bits per heavy atom. The zero-order chi connectivity index (χ0) is 14.0. The maximum Gasteiger partial charge on any atom is 0.339 e. The molecular formula is C13H13ClN2O3. The van der Waals surface area contributed by atoms with Crippen LogP contribution in [-0.2, 0) is 13.7 Å². The van der Waals surface area contributed by atoms with Crippen molar-refractivity contribution in [2.75, 3.05) is 0 Å². The fraction of sp³-hybridized carbons (Fsp3) is 0.231. The zero-order valence-corrected chi connectivity index (χ0v) is 11.3. The minimum Gasteiger partial charge on any atom is -0.486 e. The van der Waals surface area contributed by atoms with Gasteiger partial charge in [-0.15, -0.1) is 0 Å². The number of halogens is 1. The number of hydrogen-bond acceptors (Lipinski definition) is 3. The van der Waals surface area contributed by atoms with E-state index in [0.717, 1.165) is 11.4 Å². The Kier molecular flexibility index (Phi) is 3.76. The lowest BCUT2D eigenvalue weighted by Gasteiger charge is -2.09. The van der Waals surface area contributed by atoms with Crippen LogP contribution in [0.5, 0.6) is 5.75 Å². The first-order valence-corrected chi connectivity index (χ1v) is 6.00. The van der Waals surface area contributed by atoms with Crippen molar-refractivity contribution in [3.63, 3.8) is 0 Å². The van der Waals surface area contributed by atoms with Gasteiger partial charge in [-0.05, 0) is 31.2 Å². The van der Waals surface area contributed by atoms with Crippen molar-refractivity contribution >= 4 is 17.6 Å². The van der Waals surface area contributed by atoms with Crippen LogP contribution < -0.4 is 4.74 Å². The highest BCUT2D eigenvalue weighted by Gasteiger charge is 2.13. The number of nitrogens with zero attached hydrogens (tertiary/aromatic N) is 2. The summed E-state index contributed by atoms with van der Waals surface area (Å²) in [6.45, 7) is 2.13. The van der Waals surface area contributed by atoms with Gasteiger partial charge in [0.25, 0.3) is 0 Å². The summed E-state index contributed by atoms with van der Waals surface area (Å²) in [7, 11) is 1.81. The van der Waals surface area contributed by atoms with Gasteiger partial charge in [-0.1, -0.05) is 11.6 Å². The van der Waals surface area contributed by atoms with E-state index in [-0.39, 0.29) is 17.9 Å². The molecule has 0 aliphatic rings. The van der Waals surface area contributed by atoms with Gasteiger partial charge in [-0.3, -0.25) is 4.68 Å². The number of hydrogen-bond donors (Lipinski definition) is 1. The quantitative estimate of drug-likeness (QED) is 0.935. The lowest BCUT2D eigenvalue weighted by Crippen LogP contribution is -2.06. The molecule has 0 bridgehead atoms. The summed E-state index contributed by atoms with van der Waals surface area (Å²) in [6.07, 6.45) is 0. The lowest BCUT2D eigenvalue weighted by atomic mass is 10.2. The first-order chi connectivity index (χ1) is 8.97. The Bertz CT molecular complexity index is 622. The Hall–Kier alpha value is -2.01. The fourth-order valence-corrected chi connectivity index (χ4v) is 1.92. The average molecular weight is 281 g/mol. The van der Waals surface area contributed by atoms with Crippen molar-refractivity contribution in [1.82, 2.24) is 9.78 Å². The van der Waals surface area contributed by atoms with Crippen LogP contribution in [0.2, 0.25) is 5.02 Å². The van der Waals surface area contributed by atoms with Crippen molar-refractivity contribution < 1.29 is 14.6 Å². The van der Waals surface area contributed by atoms with E-state index < -0.39 is 5.97 Å². The molecule has 0 atom stereocenters. The van der Waals surface area contributed by atoms with Gasteiger partial charge in [0.1, 0.15) is 17.9 Å². The molecule has 0 unspecified atom stereocenters. The summed E-state index contributed by atoms with van der Waals surface area (Å²) >= 11 is 5.77. The second-order valence-electron chi connectivity index (χ2n) is 4.13. The van der Waals surface area contributed by atoms with Crippen LogP contribution in [-0.4, -0.2) is 20.9 Å². The molecule has 1 heterocycles. The monoisotopic (exact) mass is 280 g/mol. The highest BCUT2D eigenvalue weighted by molar-refractivity contribution is 6.31. The highest BCUT2D eigenvalue weighted by atomic mass is 35.5. The predicted molar refractivity (Wildman–Crippen MR) is 70.7 cm³/mol. The second kappa shape index (κ2) is 5.32. The molecule has 0 spiro atoms. The maximum atomic E-state index is 11.1. The van der Waals surface area contributed by atoms with Gasteiger partial charge in [-0.2, -0.15) is 5.10 Å². The zero-order valence-electron chi connectivity index (χ0n) is 10.6. The number of aromatic nitrogens is 2. The number of aromatic carboxylic acids is 1. The molecule has 2 rings (SSSR count). The number of carboxylic acids is 1. The molecule has 1 N–H and O–H groups in total. The first-order valence-electron chi connectivity index (χ1n) is 5.62. The van der Waals surface area contributed by atoms with E-state index in [1.807, 2.05) is 20.0 Å². The van der Waals surface area contributed by atoms with E-state index in [1.54, 1.807) is 16.8 Å². The molecule has 100 valence electrons. The fourth-order valence-electron chi connectivity index (χ4n) is 1.75. The second-order valence-corrected chi connectivity index (χ2v) is 4.57. The van der Waals surface area contributed by atoms with Crippen molar-refractivity contribution in [3.8, 4) is 5.75 Å². The van der Waals surface area contributed by atoms with Gasteiger partial charge in [0.15, 0.2) is 0 Å². The summed E-state index contributed by atoms with van der Waals surface area (Å²) in [6, 6.07) is 6.40. The van der Waals surface area contributed by atoms with Gasteiger partial charge in [0.05, 0.1) is 11.4 Å². The Morgan fingerprint density at radius 1 is 1.47 bits per heavy atom. The Labute approximate surface area is 115 Å². The summed E-state index contributed by atoms with van der Waals surface area (Å²) in [4.78, 5) is 11.1. The molecule has 0 radical (unpaired) electrons. The van der Waals surface area contributed by atoms with Crippen LogP contribution in [0.15, 0.2) is 24.3 Å². The maximum absolute atomic E-state index is 11.1. The molecule has 0 fully saturated rings. The molecule has 19 heavy (non-hydrogen) atoms. The normalized spacial score (nSPS) is 10.5. The highest BCUT2D eigenvalue weighted by Crippen LogP contribution is 2.23. The van der Waals surface area contributed by atoms with Crippen LogP contribution in [0, 0.1) is 6.92 Å². The molecular weight excluding hydrogens is 268 g/mol. The molecule has 0 aliphatic carbocycles. The van der Waals surface area contributed by atoms with Crippen LogP contribution in [0.3, 0.4) is 0 Å². The molecule has 1 aromatic heterocycles. The summed E-state index contributed by atoms with van der Waals surface area (Å²) in [5, 5.41) is 13.6. The Morgan fingerprint density at radius 3 is 2.79 bits per heavy atom. The largest absolute Gasteiger partial charge is 0.486 e. The van der Waals surface area contributed by atoms with Crippen molar-refractivity contribution in [2.45, 2.75) is 13.5 Å².